The van der Waals surface area contributed by atoms with Crippen molar-refractivity contribution in [1.82, 2.24) is 19.9 Å². The van der Waals surface area contributed by atoms with Gasteiger partial charge in [0.2, 0.25) is 0 Å². The maximum absolute atomic E-state index is 10.4. The van der Waals surface area contributed by atoms with E-state index in [4.69, 9.17) is 0 Å². The smallest absolute Gasteiger partial charge is 0.139 e. The van der Waals surface area contributed by atoms with Crippen molar-refractivity contribution in [2.24, 2.45) is 5.92 Å². The average Bonchev–Trinajstić information content (AvgIpc) is 3.36. The van der Waals surface area contributed by atoms with Crippen LogP contribution in [0.25, 0.3) is 11.4 Å². The van der Waals surface area contributed by atoms with Crippen molar-refractivity contribution in [3.63, 3.8) is 0 Å². The van der Waals surface area contributed by atoms with Crippen LogP contribution in [0.2, 0.25) is 0 Å². The number of nitrogens with zero attached hydrogens (tertiary/aromatic N) is 2. The summed E-state index contributed by atoms with van der Waals surface area (Å²) >= 11 is 0. The first-order chi connectivity index (χ1) is 12.3. The van der Waals surface area contributed by atoms with Gasteiger partial charge < -0.3 is 20.0 Å². The Kier molecular flexibility index (Phi) is 4.68. The third-order valence-corrected chi connectivity index (χ3v) is 5.06. The lowest BCUT2D eigenvalue weighted by Gasteiger charge is -2.16. The van der Waals surface area contributed by atoms with Gasteiger partial charge in [-0.25, -0.2) is 4.98 Å². The molecule has 130 valence electrons. The summed E-state index contributed by atoms with van der Waals surface area (Å²) in [4.78, 5) is 7.58. The molecule has 1 fully saturated rings. The van der Waals surface area contributed by atoms with Crippen LogP contribution >= 0.6 is 0 Å². The Bertz CT molecular complexity index is 781. The monoisotopic (exact) mass is 336 g/mol. The number of hydrogen-bond donors (Lipinski definition) is 3. The highest BCUT2D eigenvalue weighted by molar-refractivity contribution is 5.55. The van der Waals surface area contributed by atoms with E-state index in [-0.39, 0.29) is 12.1 Å². The molecule has 5 nitrogen and oxygen atoms in total. The highest BCUT2D eigenvalue weighted by Gasteiger charge is 2.33. The number of aromatic nitrogens is 3. The van der Waals surface area contributed by atoms with E-state index in [9.17, 15) is 5.11 Å². The molecule has 3 atom stereocenters. The van der Waals surface area contributed by atoms with E-state index in [0.717, 1.165) is 37.3 Å². The van der Waals surface area contributed by atoms with Gasteiger partial charge in [0, 0.05) is 49.5 Å². The van der Waals surface area contributed by atoms with Crippen molar-refractivity contribution in [3.05, 3.63) is 66.7 Å². The predicted molar refractivity (Wildman–Crippen MR) is 97.8 cm³/mol. The third-order valence-electron chi connectivity index (χ3n) is 5.06. The molecule has 3 N–H and O–H groups in total. The van der Waals surface area contributed by atoms with Crippen molar-refractivity contribution in [2.75, 3.05) is 0 Å². The molecule has 0 radical (unpaired) electrons. The van der Waals surface area contributed by atoms with Gasteiger partial charge in [0.15, 0.2) is 0 Å². The fraction of sp³-hybridized carbons (Fsp3) is 0.350. The molecule has 1 aliphatic carbocycles. The predicted octanol–water partition coefficient (Wildman–Crippen LogP) is 2.81. The van der Waals surface area contributed by atoms with Gasteiger partial charge in [-0.2, -0.15) is 0 Å². The van der Waals surface area contributed by atoms with Crippen LogP contribution in [0.3, 0.4) is 0 Å². The lowest BCUT2D eigenvalue weighted by molar-refractivity contribution is 0.145. The number of rotatable bonds is 6. The topological polar surface area (TPSA) is 65.9 Å². The number of nitrogens with one attached hydrogen (secondary N) is 2. The number of aliphatic hydroxyl groups excluding tert-OH is 1. The molecule has 1 unspecified atom stereocenters. The SMILES string of the molecule is O[C@@H]1CC(Cn2ccnc2-c2ccccc2)C[C@H]1NCc1cc[nH]c1. The fourth-order valence-electron chi connectivity index (χ4n) is 3.79. The van der Waals surface area contributed by atoms with Crippen LogP contribution in [0.1, 0.15) is 18.4 Å². The van der Waals surface area contributed by atoms with E-state index in [1.807, 2.05) is 43.0 Å². The number of H-pyrrole nitrogens is 1. The van der Waals surface area contributed by atoms with Gasteiger partial charge in [0.25, 0.3) is 0 Å². The maximum atomic E-state index is 10.4. The van der Waals surface area contributed by atoms with Crippen LogP contribution in [0, 0.1) is 5.92 Å². The molecule has 4 rings (SSSR count). The minimum absolute atomic E-state index is 0.156. The van der Waals surface area contributed by atoms with E-state index < -0.39 is 0 Å². The maximum Gasteiger partial charge on any atom is 0.139 e. The second kappa shape index (κ2) is 7.25. The summed E-state index contributed by atoms with van der Waals surface area (Å²) in [5.41, 5.74) is 2.35. The molecule has 0 spiro atoms. The molecule has 25 heavy (non-hydrogen) atoms. The van der Waals surface area contributed by atoms with E-state index in [0.29, 0.717) is 5.92 Å². The first-order valence-electron chi connectivity index (χ1n) is 8.89. The van der Waals surface area contributed by atoms with Crippen molar-refractivity contribution in [1.29, 1.82) is 0 Å². The summed E-state index contributed by atoms with van der Waals surface area (Å²) < 4.78 is 2.21. The third kappa shape index (κ3) is 3.67. The number of imidazole rings is 1. The van der Waals surface area contributed by atoms with Gasteiger partial charge in [-0.05, 0) is 30.4 Å². The van der Waals surface area contributed by atoms with Gasteiger partial charge >= 0.3 is 0 Å². The zero-order valence-electron chi connectivity index (χ0n) is 14.2. The van der Waals surface area contributed by atoms with E-state index in [1.54, 1.807) is 0 Å². The average molecular weight is 336 g/mol. The Morgan fingerprint density at radius 3 is 2.88 bits per heavy atom. The van der Waals surface area contributed by atoms with Gasteiger partial charge in [0.1, 0.15) is 5.82 Å². The summed E-state index contributed by atoms with van der Waals surface area (Å²) in [6.45, 7) is 1.68. The number of aromatic amines is 1. The quantitative estimate of drug-likeness (QED) is 0.648. The molecule has 3 aromatic rings. The minimum atomic E-state index is -0.285. The number of benzene rings is 1. The second-order valence-corrected chi connectivity index (χ2v) is 6.88. The van der Waals surface area contributed by atoms with Crippen LogP contribution in [-0.2, 0) is 13.1 Å². The van der Waals surface area contributed by atoms with Crippen molar-refractivity contribution in [2.45, 2.75) is 38.1 Å². The van der Waals surface area contributed by atoms with E-state index >= 15 is 0 Å². The van der Waals surface area contributed by atoms with Crippen LogP contribution < -0.4 is 5.32 Å². The second-order valence-electron chi connectivity index (χ2n) is 6.88. The first-order valence-corrected chi connectivity index (χ1v) is 8.89. The fourth-order valence-corrected chi connectivity index (χ4v) is 3.79. The Labute approximate surface area is 147 Å². The Morgan fingerprint density at radius 1 is 1.20 bits per heavy atom. The van der Waals surface area contributed by atoms with Gasteiger partial charge in [-0.3, -0.25) is 0 Å². The molecule has 5 heteroatoms. The van der Waals surface area contributed by atoms with Crippen molar-refractivity contribution < 1.29 is 5.11 Å². The molecule has 0 aliphatic heterocycles. The largest absolute Gasteiger partial charge is 0.391 e. The zero-order chi connectivity index (χ0) is 17.1. The Balaban J connectivity index is 1.39. The van der Waals surface area contributed by atoms with Gasteiger partial charge in [-0.15, -0.1) is 0 Å². The lowest BCUT2D eigenvalue weighted by atomic mass is 10.1. The molecule has 0 bridgehead atoms. The summed E-state index contributed by atoms with van der Waals surface area (Å²) in [5.74, 6) is 1.45. The number of aliphatic hydroxyl groups is 1. The van der Waals surface area contributed by atoms with Crippen molar-refractivity contribution in [3.8, 4) is 11.4 Å². The summed E-state index contributed by atoms with van der Waals surface area (Å²) in [6.07, 6.45) is 9.34. The molecule has 1 aromatic carbocycles. The Morgan fingerprint density at radius 2 is 2.08 bits per heavy atom. The van der Waals surface area contributed by atoms with E-state index in [2.05, 4.69) is 38.1 Å². The van der Waals surface area contributed by atoms with Gasteiger partial charge in [-0.1, -0.05) is 30.3 Å². The van der Waals surface area contributed by atoms with Crippen LogP contribution in [-0.4, -0.2) is 31.8 Å². The number of hydrogen-bond acceptors (Lipinski definition) is 3. The normalized spacial score (nSPS) is 23.2. The standard InChI is InChI=1S/C20H24N4O/c25-19-11-16(10-18(19)23-13-15-6-7-21-12-15)14-24-9-8-22-20(24)17-4-2-1-3-5-17/h1-9,12,16,18-19,21,23,25H,10-11,13-14H2/t16?,18-,19-/m1/s1. The van der Waals surface area contributed by atoms with E-state index in [1.165, 1.54) is 5.56 Å². The summed E-state index contributed by atoms with van der Waals surface area (Å²) in [5, 5.41) is 13.9. The van der Waals surface area contributed by atoms with Crippen LogP contribution in [0.15, 0.2) is 61.2 Å². The molecule has 2 aromatic heterocycles. The lowest BCUT2D eigenvalue weighted by Crippen LogP contribution is -2.35. The molecule has 0 amide bonds. The highest BCUT2D eigenvalue weighted by atomic mass is 16.3. The zero-order valence-corrected chi connectivity index (χ0v) is 14.2. The summed E-state index contributed by atoms with van der Waals surface area (Å²) in [6, 6.07) is 12.5. The molecule has 2 heterocycles. The van der Waals surface area contributed by atoms with Crippen LogP contribution in [0.4, 0.5) is 0 Å². The molecule has 0 saturated heterocycles. The minimum Gasteiger partial charge on any atom is -0.391 e. The van der Waals surface area contributed by atoms with Gasteiger partial charge in [0.05, 0.1) is 6.10 Å². The molecular formula is C20H24N4O. The molecule has 1 aliphatic rings. The highest BCUT2D eigenvalue weighted by Crippen LogP contribution is 2.29. The summed E-state index contributed by atoms with van der Waals surface area (Å²) in [7, 11) is 0. The van der Waals surface area contributed by atoms with Crippen molar-refractivity contribution >= 4 is 0 Å². The molecule has 1 saturated carbocycles. The van der Waals surface area contributed by atoms with Crippen LogP contribution in [0.5, 0.6) is 0 Å². The molecular weight excluding hydrogens is 312 g/mol. The Hall–Kier alpha value is -2.37. The first kappa shape index (κ1) is 16.1.